The number of aliphatic hydroxyl groups excluding tert-OH is 1. The predicted molar refractivity (Wildman–Crippen MR) is 60.0 cm³/mol. The maximum absolute atomic E-state index is 11.8. The van der Waals surface area contributed by atoms with Crippen LogP contribution in [0.15, 0.2) is 15.4 Å². The summed E-state index contributed by atoms with van der Waals surface area (Å²) < 4.78 is 5.81. The van der Waals surface area contributed by atoms with Crippen LogP contribution in [-0.4, -0.2) is 46.4 Å². The molecule has 0 aromatic carbocycles. The second-order valence-corrected chi connectivity index (χ2v) is 4.38. The van der Waals surface area contributed by atoms with Gasteiger partial charge in [-0.2, -0.15) is 0 Å². The van der Waals surface area contributed by atoms with Gasteiger partial charge in [0.2, 0.25) is 0 Å². The lowest BCUT2D eigenvalue weighted by Gasteiger charge is -2.28. The summed E-state index contributed by atoms with van der Waals surface area (Å²) in [7, 11) is 0. The second kappa shape index (κ2) is 4.85. The van der Waals surface area contributed by atoms with Crippen molar-refractivity contribution in [2.24, 2.45) is 0 Å². The van der Waals surface area contributed by atoms with Crippen molar-refractivity contribution < 1.29 is 14.4 Å². The predicted octanol–water partition coefficient (Wildman–Crippen LogP) is -0.153. The van der Waals surface area contributed by atoms with Gasteiger partial charge >= 0.3 is 0 Å². The number of piperidine rings is 1. The van der Waals surface area contributed by atoms with Crippen molar-refractivity contribution in [3.05, 3.63) is 22.2 Å². The van der Waals surface area contributed by atoms with Gasteiger partial charge in [0, 0.05) is 19.2 Å². The van der Waals surface area contributed by atoms with E-state index in [4.69, 9.17) is 4.52 Å². The molecule has 1 N–H and O–H groups in total. The zero-order valence-corrected chi connectivity index (χ0v) is 9.76. The number of hydrogen-bond donors (Lipinski definition) is 1. The van der Waals surface area contributed by atoms with Crippen LogP contribution in [-0.2, 0) is 0 Å². The SMILES string of the molecule is Cc1cc(=O)n(C(=O)CN2CCC(O)CC2)o1. The van der Waals surface area contributed by atoms with Crippen LogP contribution in [0.25, 0.3) is 0 Å². The number of likely N-dealkylation sites (tertiary alicyclic amines) is 1. The van der Waals surface area contributed by atoms with Gasteiger partial charge in [-0.05, 0) is 19.8 Å². The van der Waals surface area contributed by atoms with E-state index in [9.17, 15) is 14.7 Å². The molecule has 2 heterocycles. The van der Waals surface area contributed by atoms with Gasteiger partial charge in [0.05, 0.1) is 12.6 Å². The van der Waals surface area contributed by atoms with E-state index in [0.717, 1.165) is 4.74 Å². The van der Waals surface area contributed by atoms with Gasteiger partial charge in [0.1, 0.15) is 5.76 Å². The first kappa shape index (κ1) is 12.1. The minimum Gasteiger partial charge on any atom is -0.393 e. The molecule has 0 saturated carbocycles. The Morgan fingerprint density at radius 1 is 1.53 bits per heavy atom. The molecule has 0 atom stereocenters. The molecule has 6 nitrogen and oxygen atoms in total. The summed E-state index contributed by atoms with van der Waals surface area (Å²) in [6.07, 6.45) is 1.06. The quantitative estimate of drug-likeness (QED) is 0.777. The van der Waals surface area contributed by atoms with Gasteiger partial charge in [-0.15, -0.1) is 4.74 Å². The first-order valence-electron chi connectivity index (χ1n) is 5.70. The number of carbonyl (C=O) groups excluding carboxylic acids is 1. The van der Waals surface area contributed by atoms with Crippen molar-refractivity contribution in [3.63, 3.8) is 0 Å². The monoisotopic (exact) mass is 240 g/mol. The largest absolute Gasteiger partial charge is 0.393 e. The van der Waals surface area contributed by atoms with E-state index in [1.165, 1.54) is 6.07 Å². The minimum atomic E-state index is -0.426. The lowest BCUT2D eigenvalue weighted by molar-refractivity contribution is 0.0573. The molecule has 0 aliphatic carbocycles. The molecule has 1 aliphatic heterocycles. The molecule has 1 saturated heterocycles. The molecular formula is C11H16N2O4. The highest BCUT2D eigenvalue weighted by Crippen LogP contribution is 2.09. The number of hydrogen-bond acceptors (Lipinski definition) is 5. The molecule has 1 aromatic heterocycles. The first-order chi connectivity index (χ1) is 8.06. The molecule has 1 aromatic rings. The maximum atomic E-state index is 11.8. The fraction of sp³-hybridized carbons (Fsp3) is 0.636. The smallest absolute Gasteiger partial charge is 0.290 e. The van der Waals surface area contributed by atoms with Crippen molar-refractivity contribution >= 4 is 5.91 Å². The van der Waals surface area contributed by atoms with Crippen molar-refractivity contribution in [3.8, 4) is 0 Å². The van der Waals surface area contributed by atoms with Gasteiger partial charge in [-0.3, -0.25) is 14.5 Å². The van der Waals surface area contributed by atoms with E-state index in [1.807, 2.05) is 4.90 Å². The normalized spacial score (nSPS) is 18.5. The van der Waals surface area contributed by atoms with Gasteiger partial charge in [-0.25, -0.2) is 0 Å². The summed E-state index contributed by atoms with van der Waals surface area (Å²) in [6, 6.07) is 1.29. The summed E-state index contributed by atoms with van der Waals surface area (Å²) >= 11 is 0. The first-order valence-corrected chi connectivity index (χ1v) is 5.70. The van der Waals surface area contributed by atoms with Crippen molar-refractivity contribution in [2.45, 2.75) is 25.9 Å². The Bertz CT molecular complexity index is 454. The van der Waals surface area contributed by atoms with Gasteiger partial charge < -0.3 is 9.63 Å². The molecule has 1 aliphatic rings. The van der Waals surface area contributed by atoms with Gasteiger partial charge in [-0.1, -0.05) is 0 Å². The topological polar surface area (TPSA) is 75.7 Å². The molecule has 2 rings (SSSR count). The third-order valence-electron chi connectivity index (χ3n) is 2.90. The van der Waals surface area contributed by atoms with Crippen LogP contribution in [0.5, 0.6) is 0 Å². The standard InChI is InChI=1S/C11H16N2O4/c1-8-6-10(15)13(17-8)11(16)7-12-4-2-9(14)3-5-12/h6,9,14H,2-5,7H2,1H3. The highest BCUT2D eigenvalue weighted by Gasteiger charge is 2.21. The Morgan fingerprint density at radius 2 is 2.18 bits per heavy atom. The van der Waals surface area contributed by atoms with Crippen LogP contribution in [0.2, 0.25) is 0 Å². The van der Waals surface area contributed by atoms with E-state index < -0.39 is 5.56 Å². The number of aliphatic hydroxyl groups is 1. The van der Waals surface area contributed by atoms with Crippen molar-refractivity contribution in [2.75, 3.05) is 19.6 Å². The molecule has 1 fully saturated rings. The molecule has 0 amide bonds. The van der Waals surface area contributed by atoms with E-state index in [0.29, 0.717) is 31.7 Å². The third kappa shape index (κ3) is 2.83. The summed E-state index contributed by atoms with van der Waals surface area (Å²) in [4.78, 5) is 25.1. The third-order valence-corrected chi connectivity index (χ3v) is 2.90. The molecule has 94 valence electrons. The maximum Gasteiger partial charge on any atom is 0.290 e. The lowest BCUT2D eigenvalue weighted by atomic mass is 10.1. The minimum absolute atomic E-state index is 0.152. The van der Waals surface area contributed by atoms with Gasteiger partial charge in [0.15, 0.2) is 0 Å². The van der Waals surface area contributed by atoms with Crippen LogP contribution < -0.4 is 5.56 Å². The van der Waals surface area contributed by atoms with E-state index in [1.54, 1.807) is 6.92 Å². The molecular weight excluding hydrogens is 224 g/mol. The van der Waals surface area contributed by atoms with Crippen LogP contribution in [0, 0.1) is 6.92 Å². The Kier molecular flexibility index (Phi) is 3.44. The number of nitrogens with zero attached hydrogens (tertiary/aromatic N) is 2. The highest BCUT2D eigenvalue weighted by atomic mass is 16.5. The molecule has 0 radical (unpaired) electrons. The number of carbonyl (C=O) groups is 1. The fourth-order valence-corrected chi connectivity index (χ4v) is 1.95. The van der Waals surface area contributed by atoms with Crippen molar-refractivity contribution in [1.29, 1.82) is 0 Å². The van der Waals surface area contributed by atoms with Crippen LogP contribution >= 0.6 is 0 Å². The fourth-order valence-electron chi connectivity index (χ4n) is 1.95. The van der Waals surface area contributed by atoms with Gasteiger partial charge in [0.25, 0.3) is 11.5 Å². The summed E-state index contributed by atoms with van der Waals surface area (Å²) in [6.45, 7) is 3.12. The molecule has 17 heavy (non-hydrogen) atoms. The second-order valence-electron chi connectivity index (χ2n) is 4.38. The molecule has 0 bridgehead atoms. The van der Waals surface area contributed by atoms with Crippen LogP contribution in [0.4, 0.5) is 0 Å². The number of aromatic nitrogens is 1. The van der Waals surface area contributed by atoms with Crippen LogP contribution in [0.3, 0.4) is 0 Å². The Hall–Kier alpha value is -1.40. The van der Waals surface area contributed by atoms with E-state index in [2.05, 4.69) is 0 Å². The number of aryl methyl sites for hydroxylation is 1. The zero-order chi connectivity index (χ0) is 12.4. The Balaban J connectivity index is 1.98. The van der Waals surface area contributed by atoms with Crippen LogP contribution in [0.1, 0.15) is 23.4 Å². The number of rotatable bonds is 2. The Labute approximate surface area is 98.4 Å². The molecule has 0 unspecified atom stereocenters. The molecule has 0 spiro atoms. The summed E-state index contributed by atoms with van der Waals surface area (Å²) in [5, 5.41) is 9.34. The average Bonchev–Trinajstić information content (AvgIpc) is 2.61. The highest BCUT2D eigenvalue weighted by molar-refractivity contribution is 5.79. The van der Waals surface area contributed by atoms with Crippen molar-refractivity contribution in [1.82, 2.24) is 9.64 Å². The average molecular weight is 240 g/mol. The summed E-state index contributed by atoms with van der Waals surface area (Å²) in [5.41, 5.74) is -0.426. The van der Waals surface area contributed by atoms with E-state index >= 15 is 0 Å². The van der Waals surface area contributed by atoms with E-state index in [-0.39, 0.29) is 18.6 Å². The lowest BCUT2D eigenvalue weighted by Crippen LogP contribution is -2.41. The Morgan fingerprint density at radius 3 is 2.71 bits per heavy atom. The zero-order valence-electron chi connectivity index (χ0n) is 9.76. The summed E-state index contributed by atoms with van der Waals surface area (Å²) in [5.74, 6) is 0.0666. The molecule has 6 heteroatoms.